The van der Waals surface area contributed by atoms with Crippen molar-refractivity contribution >= 4 is 28.8 Å². The minimum absolute atomic E-state index is 0.142. The van der Waals surface area contributed by atoms with Crippen molar-refractivity contribution in [1.29, 1.82) is 0 Å². The highest BCUT2D eigenvalue weighted by Gasteiger charge is 2.42. The van der Waals surface area contributed by atoms with E-state index in [2.05, 4.69) is 41.8 Å². The standard InChI is InChI=1S/C29H38N4O3S/c1-5-24-26(28(35)36-4)27(23-11-10-19(2)16-20(23)3)33-22(18-37-29(33)30-24)17-25(34)32-14-12-31(13-15-32)21-8-6-7-9-21/h10-11,16,18,21,27H,5-9,12-15,17H2,1-4H3/t27-/m0/s1. The van der Waals surface area contributed by atoms with Gasteiger partial charge < -0.3 is 14.5 Å². The molecule has 0 bridgehead atoms. The number of methoxy groups -OCH3 is 1. The molecule has 198 valence electrons. The number of hydrogen-bond acceptors (Lipinski definition) is 7. The zero-order chi connectivity index (χ0) is 26.1. The fourth-order valence-electron chi connectivity index (χ4n) is 6.21. The molecule has 0 aromatic heterocycles. The van der Waals surface area contributed by atoms with Gasteiger partial charge in [0.25, 0.3) is 0 Å². The van der Waals surface area contributed by atoms with E-state index in [1.807, 2.05) is 17.2 Å². The molecule has 1 amide bonds. The molecular weight excluding hydrogens is 484 g/mol. The Hall–Kier alpha value is -2.58. The maximum Gasteiger partial charge on any atom is 0.338 e. The molecular formula is C29H38N4O3S. The maximum absolute atomic E-state index is 13.5. The highest BCUT2D eigenvalue weighted by Crippen LogP contribution is 2.46. The molecule has 5 rings (SSSR count). The van der Waals surface area contributed by atoms with Crippen molar-refractivity contribution in [1.82, 2.24) is 14.7 Å². The Morgan fingerprint density at radius 1 is 1.11 bits per heavy atom. The van der Waals surface area contributed by atoms with Crippen molar-refractivity contribution < 1.29 is 14.3 Å². The molecule has 1 aromatic carbocycles. The van der Waals surface area contributed by atoms with E-state index in [9.17, 15) is 9.59 Å². The first-order valence-corrected chi connectivity index (χ1v) is 14.4. The van der Waals surface area contributed by atoms with Crippen LogP contribution in [0.1, 0.15) is 68.2 Å². The number of benzene rings is 1. The maximum atomic E-state index is 13.5. The Bertz CT molecular complexity index is 1160. The summed E-state index contributed by atoms with van der Waals surface area (Å²) in [6.45, 7) is 9.65. The van der Waals surface area contributed by atoms with Crippen LogP contribution in [-0.2, 0) is 14.3 Å². The number of aryl methyl sites for hydroxylation is 2. The molecule has 7 nitrogen and oxygen atoms in total. The predicted molar refractivity (Wildman–Crippen MR) is 148 cm³/mol. The third-order valence-electron chi connectivity index (χ3n) is 8.19. The van der Waals surface area contributed by atoms with E-state index >= 15 is 0 Å². The fraction of sp³-hybridized carbons (Fsp3) is 0.552. The molecule has 3 aliphatic heterocycles. The summed E-state index contributed by atoms with van der Waals surface area (Å²) in [5.41, 5.74) is 5.52. The molecule has 1 atom stereocenters. The van der Waals surface area contributed by atoms with Crippen LogP contribution in [0, 0.1) is 13.8 Å². The second-order valence-corrected chi connectivity index (χ2v) is 11.3. The SMILES string of the molecule is CCC1=C(C(=O)OC)[C@H](c2ccc(C)cc2C)N2C(CC(=O)N3CCN(C4CCCC4)CC3)=CSC2=N1. The van der Waals surface area contributed by atoms with Gasteiger partial charge in [-0.25, -0.2) is 9.79 Å². The van der Waals surface area contributed by atoms with E-state index in [-0.39, 0.29) is 17.9 Å². The second-order valence-electron chi connectivity index (χ2n) is 10.5. The number of piperazine rings is 1. The van der Waals surface area contributed by atoms with Gasteiger partial charge in [0.15, 0.2) is 5.17 Å². The van der Waals surface area contributed by atoms with E-state index in [0.717, 1.165) is 53.9 Å². The van der Waals surface area contributed by atoms with Crippen LogP contribution >= 0.6 is 11.8 Å². The van der Waals surface area contributed by atoms with E-state index in [1.54, 1.807) is 0 Å². The van der Waals surface area contributed by atoms with Crippen LogP contribution in [0.4, 0.5) is 0 Å². The van der Waals surface area contributed by atoms with Crippen LogP contribution in [0.2, 0.25) is 0 Å². The number of thioether (sulfide) groups is 1. The predicted octanol–water partition coefficient (Wildman–Crippen LogP) is 4.92. The van der Waals surface area contributed by atoms with Gasteiger partial charge in [0.05, 0.1) is 30.8 Å². The Morgan fingerprint density at radius 2 is 1.84 bits per heavy atom. The second kappa shape index (κ2) is 11.0. The monoisotopic (exact) mass is 522 g/mol. The topological polar surface area (TPSA) is 65.5 Å². The number of carbonyl (C=O) groups excluding carboxylic acids is 2. The summed E-state index contributed by atoms with van der Waals surface area (Å²) in [6, 6.07) is 6.65. The number of amides is 1. The lowest BCUT2D eigenvalue weighted by molar-refractivity contribution is -0.136. The number of ether oxygens (including phenoxy) is 1. The molecule has 0 unspecified atom stereocenters. The molecule has 0 spiro atoms. The van der Waals surface area contributed by atoms with Gasteiger partial charge in [-0.3, -0.25) is 9.69 Å². The summed E-state index contributed by atoms with van der Waals surface area (Å²) in [6.07, 6.45) is 6.18. The molecule has 4 aliphatic rings. The molecule has 0 radical (unpaired) electrons. The summed E-state index contributed by atoms with van der Waals surface area (Å²) < 4.78 is 5.25. The van der Waals surface area contributed by atoms with Crippen LogP contribution in [0.5, 0.6) is 0 Å². The number of fused-ring (bicyclic) bond motifs is 1. The minimum atomic E-state index is -0.372. The first kappa shape index (κ1) is 26.0. The van der Waals surface area contributed by atoms with Crippen LogP contribution in [0.25, 0.3) is 0 Å². The number of nitrogens with zero attached hydrogens (tertiary/aromatic N) is 4. The van der Waals surface area contributed by atoms with Crippen molar-refractivity contribution in [2.45, 2.75) is 71.4 Å². The lowest BCUT2D eigenvalue weighted by Gasteiger charge is -2.39. The van der Waals surface area contributed by atoms with Crippen LogP contribution < -0.4 is 0 Å². The number of carbonyl (C=O) groups is 2. The molecule has 1 saturated carbocycles. The third kappa shape index (κ3) is 5.10. The average Bonchev–Trinajstić information content (AvgIpc) is 3.58. The van der Waals surface area contributed by atoms with Gasteiger partial charge in [-0.05, 0) is 49.6 Å². The van der Waals surface area contributed by atoms with Crippen molar-refractivity contribution in [3.63, 3.8) is 0 Å². The lowest BCUT2D eigenvalue weighted by atomic mass is 9.89. The smallest absolute Gasteiger partial charge is 0.338 e. The summed E-state index contributed by atoms with van der Waals surface area (Å²) in [5.74, 6) is -0.223. The Morgan fingerprint density at radius 3 is 2.49 bits per heavy atom. The Labute approximate surface area is 224 Å². The van der Waals surface area contributed by atoms with Crippen molar-refractivity contribution in [3.8, 4) is 0 Å². The summed E-state index contributed by atoms with van der Waals surface area (Å²) >= 11 is 1.54. The third-order valence-corrected chi connectivity index (χ3v) is 9.08. The van der Waals surface area contributed by atoms with Crippen LogP contribution in [0.15, 0.2) is 45.6 Å². The summed E-state index contributed by atoms with van der Waals surface area (Å²) in [5, 5.41) is 2.86. The molecule has 8 heteroatoms. The first-order chi connectivity index (χ1) is 17.9. The molecule has 37 heavy (non-hydrogen) atoms. The van der Waals surface area contributed by atoms with E-state index < -0.39 is 0 Å². The normalized spacial score (nSPS) is 22.8. The zero-order valence-corrected chi connectivity index (χ0v) is 23.3. The number of allylic oxidation sites excluding steroid dienone is 1. The van der Waals surface area contributed by atoms with Gasteiger partial charge in [0.2, 0.25) is 5.91 Å². The van der Waals surface area contributed by atoms with Gasteiger partial charge in [-0.2, -0.15) is 0 Å². The molecule has 2 fully saturated rings. The largest absolute Gasteiger partial charge is 0.466 e. The first-order valence-electron chi connectivity index (χ1n) is 13.5. The highest BCUT2D eigenvalue weighted by atomic mass is 32.2. The Balaban J connectivity index is 1.39. The van der Waals surface area contributed by atoms with Crippen molar-refractivity contribution in [3.05, 3.63) is 57.3 Å². The van der Waals surface area contributed by atoms with Crippen LogP contribution in [0.3, 0.4) is 0 Å². The van der Waals surface area contributed by atoms with Gasteiger partial charge in [0.1, 0.15) is 0 Å². The quantitative estimate of drug-likeness (QED) is 0.494. The molecule has 1 saturated heterocycles. The number of hydrogen-bond donors (Lipinski definition) is 0. The van der Waals surface area contributed by atoms with E-state index in [0.29, 0.717) is 24.5 Å². The van der Waals surface area contributed by atoms with Crippen molar-refractivity contribution in [2.75, 3.05) is 33.3 Å². The number of esters is 1. The van der Waals surface area contributed by atoms with Gasteiger partial charge in [-0.1, -0.05) is 55.3 Å². The Kier molecular flexibility index (Phi) is 7.77. The molecule has 1 aromatic rings. The summed E-state index contributed by atoms with van der Waals surface area (Å²) in [7, 11) is 1.42. The number of amidine groups is 1. The zero-order valence-electron chi connectivity index (χ0n) is 22.5. The number of aliphatic imine (C=N–C) groups is 1. The fourth-order valence-corrected chi connectivity index (χ4v) is 7.15. The highest BCUT2D eigenvalue weighted by molar-refractivity contribution is 8.16. The van der Waals surface area contributed by atoms with E-state index in [4.69, 9.17) is 9.73 Å². The lowest BCUT2D eigenvalue weighted by Crippen LogP contribution is -2.51. The van der Waals surface area contributed by atoms with E-state index in [1.165, 1.54) is 50.1 Å². The van der Waals surface area contributed by atoms with Crippen molar-refractivity contribution in [2.24, 2.45) is 4.99 Å². The van der Waals surface area contributed by atoms with Gasteiger partial charge >= 0.3 is 5.97 Å². The summed E-state index contributed by atoms with van der Waals surface area (Å²) in [4.78, 5) is 38.2. The van der Waals surface area contributed by atoms with Gasteiger partial charge in [0, 0.05) is 37.9 Å². The molecule has 1 aliphatic carbocycles. The average molecular weight is 523 g/mol. The van der Waals surface area contributed by atoms with Crippen LogP contribution in [-0.4, -0.2) is 71.1 Å². The van der Waals surface area contributed by atoms with Gasteiger partial charge in [-0.15, -0.1) is 0 Å². The molecule has 0 N–H and O–H groups in total. The minimum Gasteiger partial charge on any atom is -0.466 e. The molecule has 3 heterocycles. The number of rotatable bonds is 6.